The van der Waals surface area contributed by atoms with Gasteiger partial charge in [0.2, 0.25) is 5.91 Å². The number of rotatable bonds is 5. The molecule has 3 heterocycles. The molecule has 1 saturated heterocycles. The van der Waals surface area contributed by atoms with Crippen molar-refractivity contribution in [1.29, 1.82) is 0 Å². The van der Waals surface area contributed by atoms with Gasteiger partial charge in [-0.3, -0.25) is 9.69 Å². The lowest BCUT2D eigenvalue weighted by Crippen LogP contribution is -2.54. The summed E-state index contributed by atoms with van der Waals surface area (Å²) in [7, 11) is 0. The smallest absolute Gasteiger partial charge is 0.233 e. The second-order valence-corrected chi connectivity index (χ2v) is 8.87. The zero-order chi connectivity index (χ0) is 21.1. The van der Waals surface area contributed by atoms with Gasteiger partial charge in [-0.25, -0.2) is 4.98 Å². The zero-order valence-corrected chi connectivity index (χ0v) is 18.2. The molecule has 0 spiro atoms. The summed E-state index contributed by atoms with van der Waals surface area (Å²) < 4.78 is 5.49. The normalized spacial score (nSPS) is 22.1. The van der Waals surface area contributed by atoms with Gasteiger partial charge in [0.05, 0.1) is 18.9 Å². The average Bonchev–Trinajstić information content (AvgIpc) is 2.74. The van der Waals surface area contributed by atoms with Crippen LogP contribution in [0.15, 0.2) is 42.5 Å². The number of fused-ring (bicyclic) bond motifs is 1. The summed E-state index contributed by atoms with van der Waals surface area (Å²) in [6, 6.07) is 14.8. The molecule has 4 rings (SSSR count). The minimum atomic E-state index is -0.699. The lowest BCUT2D eigenvalue weighted by molar-refractivity contribution is -0.128. The van der Waals surface area contributed by atoms with Crippen LogP contribution in [0.1, 0.15) is 37.6 Å². The van der Waals surface area contributed by atoms with Crippen LogP contribution in [0, 0.1) is 0 Å². The number of morpholine rings is 1. The van der Waals surface area contributed by atoms with Crippen LogP contribution in [-0.2, 0) is 28.0 Å². The van der Waals surface area contributed by atoms with Crippen LogP contribution in [0.2, 0.25) is 0 Å². The first-order chi connectivity index (χ1) is 14.5. The summed E-state index contributed by atoms with van der Waals surface area (Å²) in [4.78, 5) is 23.0. The third-order valence-electron chi connectivity index (χ3n) is 5.93. The zero-order valence-electron chi connectivity index (χ0n) is 18.2. The van der Waals surface area contributed by atoms with Crippen LogP contribution in [0.25, 0.3) is 0 Å². The van der Waals surface area contributed by atoms with Crippen molar-refractivity contribution in [3.05, 3.63) is 59.3 Å². The number of aromatic nitrogens is 1. The number of ether oxygens (including phenoxy) is 1. The number of benzene rings is 1. The Morgan fingerprint density at radius 3 is 2.60 bits per heavy atom. The monoisotopic (exact) mass is 408 g/mol. The summed E-state index contributed by atoms with van der Waals surface area (Å²) in [6.07, 6.45) is 0. The van der Waals surface area contributed by atoms with E-state index in [4.69, 9.17) is 9.72 Å². The van der Waals surface area contributed by atoms with Crippen molar-refractivity contribution in [1.82, 2.24) is 15.2 Å². The Bertz CT molecular complexity index is 880. The second-order valence-electron chi connectivity index (χ2n) is 8.87. The van der Waals surface area contributed by atoms with Crippen LogP contribution in [0.4, 0.5) is 5.82 Å². The lowest BCUT2D eigenvalue weighted by Gasteiger charge is -2.41. The van der Waals surface area contributed by atoms with E-state index in [0.717, 1.165) is 43.3 Å². The number of anilines is 1. The van der Waals surface area contributed by atoms with E-state index < -0.39 is 5.41 Å². The minimum Gasteiger partial charge on any atom is -0.378 e. The Hall–Kier alpha value is -2.44. The Kier molecular flexibility index (Phi) is 6.06. The molecule has 6 nitrogen and oxygen atoms in total. The van der Waals surface area contributed by atoms with Gasteiger partial charge < -0.3 is 15.0 Å². The van der Waals surface area contributed by atoms with E-state index in [1.54, 1.807) is 0 Å². The quantitative estimate of drug-likeness (QED) is 0.824. The van der Waals surface area contributed by atoms with Gasteiger partial charge in [0.1, 0.15) is 11.2 Å². The largest absolute Gasteiger partial charge is 0.378 e. The van der Waals surface area contributed by atoms with Gasteiger partial charge in [-0.2, -0.15) is 0 Å². The van der Waals surface area contributed by atoms with E-state index in [1.165, 1.54) is 5.56 Å². The van der Waals surface area contributed by atoms with E-state index in [1.807, 2.05) is 26.8 Å². The molecule has 1 fully saturated rings. The molecule has 2 aliphatic rings. The molecule has 1 N–H and O–H groups in total. The highest BCUT2D eigenvalue weighted by Crippen LogP contribution is 2.35. The number of nitrogens with one attached hydrogen (secondary N) is 1. The topological polar surface area (TPSA) is 57.7 Å². The minimum absolute atomic E-state index is 0.0446. The molecule has 1 atom stereocenters. The molecule has 6 heteroatoms. The highest BCUT2D eigenvalue weighted by Gasteiger charge is 2.43. The number of hydrogen-bond acceptors (Lipinski definition) is 5. The summed E-state index contributed by atoms with van der Waals surface area (Å²) in [5, 5.41) is 3.14. The number of nitrogens with zero attached hydrogens (tertiary/aromatic N) is 3. The summed E-state index contributed by atoms with van der Waals surface area (Å²) in [5.74, 6) is 0.986. The first-order valence-corrected chi connectivity index (χ1v) is 10.9. The molecule has 1 aromatic heterocycles. The molecule has 0 radical (unpaired) electrons. The molecular weight excluding hydrogens is 376 g/mol. The third kappa shape index (κ3) is 4.35. The molecule has 1 aromatic carbocycles. The maximum absolute atomic E-state index is 13.4. The number of amides is 1. The van der Waals surface area contributed by atoms with Gasteiger partial charge in [0, 0.05) is 38.8 Å². The van der Waals surface area contributed by atoms with Gasteiger partial charge in [0.25, 0.3) is 0 Å². The van der Waals surface area contributed by atoms with Crippen molar-refractivity contribution < 1.29 is 9.53 Å². The molecule has 0 bridgehead atoms. The number of carbonyl (C=O) groups is 1. The van der Waals surface area contributed by atoms with E-state index in [9.17, 15) is 4.79 Å². The molecular formula is C24H32N4O2. The van der Waals surface area contributed by atoms with Crippen LogP contribution in [0.3, 0.4) is 0 Å². The van der Waals surface area contributed by atoms with Crippen molar-refractivity contribution in [2.45, 2.75) is 45.3 Å². The highest BCUT2D eigenvalue weighted by molar-refractivity contribution is 5.88. The summed E-state index contributed by atoms with van der Waals surface area (Å²) in [6.45, 7) is 11.4. The van der Waals surface area contributed by atoms with Crippen molar-refractivity contribution in [2.75, 3.05) is 37.7 Å². The van der Waals surface area contributed by atoms with Crippen LogP contribution < -0.4 is 10.2 Å². The maximum Gasteiger partial charge on any atom is 0.233 e. The Morgan fingerprint density at radius 1 is 1.17 bits per heavy atom. The van der Waals surface area contributed by atoms with Gasteiger partial charge >= 0.3 is 0 Å². The Balaban J connectivity index is 1.67. The third-order valence-corrected chi connectivity index (χ3v) is 5.93. The van der Waals surface area contributed by atoms with E-state index >= 15 is 0 Å². The van der Waals surface area contributed by atoms with Crippen LogP contribution in [-0.4, -0.2) is 54.7 Å². The first kappa shape index (κ1) is 20.8. The fraction of sp³-hybridized carbons (Fsp3) is 0.500. The van der Waals surface area contributed by atoms with Crippen molar-refractivity contribution in [2.24, 2.45) is 0 Å². The molecule has 0 saturated carbocycles. The predicted molar refractivity (Wildman–Crippen MR) is 118 cm³/mol. The fourth-order valence-corrected chi connectivity index (χ4v) is 4.42. The van der Waals surface area contributed by atoms with Crippen molar-refractivity contribution in [3.63, 3.8) is 0 Å². The molecule has 2 aromatic rings. The van der Waals surface area contributed by atoms with E-state index in [2.05, 4.69) is 51.5 Å². The maximum atomic E-state index is 13.4. The molecule has 30 heavy (non-hydrogen) atoms. The number of carbonyl (C=O) groups excluding carboxylic acids is 1. The molecule has 0 aliphatic carbocycles. The SMILES string of the molecule is CC(C)NC(=O)C1(C)CN(Cc2ccccc2)Cc2ccc(N3CCOCC3)nc21. The van der Waals surface area contributed by atoms with E-state index in [0.29, 0.717) is 19.8 Å². The molecule has 1 unspecified atom stereocenters. The number of pyridine rings is 1. The van der Waals surface area contributed by atoms with E-state index in [-0.39, 0.29) is 11.9 Å². The average molecular weight is 409 g/mol. The van der Waals surface area contributed by atoms with Gasteiger partial charge in [0.15, 0.2) is 0 Å². The fourth-order valence-electron chi connectivity index (χ4n) is 4.42. The van der Waals surface area contributed by atoms with Crippen molar-refractivity contribution in [3.8, 4) is 0 Å². The van der Waals surface area contributed by atoms with Crippen molar-refractivity contribution >= 4 is 11.7 Å². The van der Waals surface area contributed by atoms with Crippen LogP contribution >= 0.6 is 0 Å². The van der Waals surface area contributed by atoms with Crippen LogP contribution in [0.5, 0.6) is 0 Å². The summed E-state index contributed by atoms with van der Waals surface area (Å²) in [5.41, 5.74) is 2.60. The number of hydrogen-bond donors (Lipinski definition) is 1. The standard InChI is InChI=1S/C24H32N4O2/c1-18(2)25-23(29)24(3)17-27(15-19-7-5-4-6-8-19)16-20-9-10-21(26-22(20)24)28-11-13-30-14-12-28/h4-10,18H,11-17H2,1-3H3,(H,25,29). The van der Waals surface area contributed by atoms with Gasteiger partial charge in [-0.15, -0.1) is 0 Å². The first-order valence-electron chi connectivity index (χ1n) is 10.9. The Labute approximate surface area is 179 Å². The highest BCUT2D eigenvalue weighted by atomic mass is 16.5. The Morgan fingerprint density at radius 2 is 1.90 bits per heavy atom. The molecule has 2 aliphatic heterocycles. The molecule has 160 valence electrons. The molecule has 1 amide bonds. The predicted octanol–water partition coefficient (Wildman–Crippen LogP) is 2.72. The second kappa shape index (κ2) is 8.74. The van der Waals surface area contributed by atoms with Gasteiger partial charge in [-0.05, 0) is 38.0 Å². The van der Waals surface area contributed by atoms with Gasteiger partial charge in [-0.1, -0.05) is 36.4 Å². The lowest BCUT2D eigenvalue weighted by atomic mass is 9.79. The summed E-state index contributed by atoms with van der Waals surface area (Å²) >= 11 is 0.